The summed E-state index contributed by atoms with van der Waals surface area (Å²) in [5.74, 6) is 0. The Labute approximate surface area is 162 Å². The molecule has 0 N–H and O–H groups in total. The van der Waals surface area contributed by atoms with Crippen molar-refractivity contribution in [2.45, 2.75) is 94.1 Å². The van der Waals surface area contributed by atoms with Gasteiger partial charge >= 0.3 is 6.09 Å². The molecule has 0 spiro atoms. The number of hydrogen-bond donors (Lipinski definition) is 0. The minimum Gasteiger partial charge on any atom is -0.444 e. The number of nitrogens with zero attached hydrogens (tertiary/aromatic N) is 2. The molecule has 1 amide bonds. The highest BCUT2D eigenvalue weighted by Crippen LogP contribution is 2.40. The van der Waals surface area contributed by atoms with Gasteiger partial charge in [-0.25, -0.2) is 9.78 Å². The van der Waals surface area contributed by atoms with Gasteiger partial charge in [0.05, 0.1) is 6.04 Å². The van der Waals surface area contributed by atoms with Gasteiger partial charge in [-0.1, -0.05) is 25.3 Å². The van der Waals surface area contributed by atoms with E-state index in [4.69, 9.17) is 9.72 Å². The second-order valence-electron chi connectivity index (χ2n) is 8.46. The first-order valence-electron chi connectivity index (χ1n) is 10.1. The summed E-state index contributed by atoms with van der Waals surface area (Å²) in [5, 5.41) is 1.77. The van der Waals surface area contributed by atoms with Crippen LogP contribution in [-0.4, -0.2) is 33.4 Å². The summed E-state index contributed by atoms with van der Waals surface area (Å²) in [5.41, 5.74) is 0.738. The molecule has 3 rings (SSSR count). The number of rotatable bonds is 3. The predicted molar refractivity (Wildman–Crippen MR) is 106 cm³/mol. The molecule has 1 saturated heterocycles. The third-order valence-electron chi connectivity index (χ3n) is 5.12. The third kappa shape index (κ3) is 5.15. The largest absolute Gasteiger partial charge is 0.444 e. The third-order valence-corrected chi connectivity index (χ3v) is 6.49. The number of thioether (sulfide) groups is 1. The summed E-state index contributed by atoms with van der Waals surface area (Å²) >= 11 is 1.92. The molecule has 1 atom stereocenters. The highest BCUT2D eigenvalue weighted by atomic mass is 32.2. The number of carbonyl (C=O) groups excluding carboxylic acids is 1. The molecule has 5 heteroatoms. The maximum atomic E-state index is 12.8. The Morgan fingerprint density at radius 1 is 1.15 bits per heavy atom. The lowest BCUT2D eigenvalue weighted by atomic mass is 9.97. The molecule has 2 aliphatic rings. The minimum absolute atomic E-state index is 0.0818. The lowest BCUT2D eigenvalue weighted by Crippen LogP contribution is -2.42. The Kier molecular flexibility index (Phi) is 6.49. The molecule has 0 unspecified atom stereocenters. The van der Waals surface area contributed by atoms with Crippen LogP contribution in [0.5, 0.6) is 0 Å². The highest BCUT2D eigenvalue weighted by molar-refractivity contribution is 7.99. The van der Waals surface area contributed by atoms with E-state index in [9.17, 15) is 4.79 Å². The van der Waals surface area contributed by atoms with Gasteiger partial charge in [-0.15, -0.1) is 11.8 Å². The van der Waals surface area contributed by atoms with Gasteiger partial charge in [0.1, 0.15) is 10.6 Å². The number of amides is 1. The van der Waals surface area contributed by atoms with Gasteiger partial charge in [0.15, 0.2) is 0 Å². The molecule has 2 heterocycles. The van der Waals surface area contributed by atoms with E-state index in [1.807, 2.05) is 49.7 Å². The van der Waals surface area contributed by atoms with Gasteiger partial charge in [0, 0.05) is 23.6 Å². The van der Waals surface area contributed by atoms with Crippen LogP contribution in [0.1, 0.15) is 83.7 Å². The van der Waals surface area contributed by atoms with Crippen molar-refractivity contribution in [2.75, 3.05) is 6.54 Å². The van der Waals surface area contributed by atoms with Crippen LogP contribution >= 0.6 is 11.8 Å². The van der Waals surface area contributed by atoms with Gasteiger partial charge in [-0.2, -0.15) is 0 Å². The normalized spacial score (nSPS) is 22.3. The summed E-state index contributed by atoms with van der Waals surface area (Å²) in [6.07, 6.45) is 11.4. The average molecular weight is 377 g/mol. The Hall–Kier alpha value is -1.23. The van der Waals surface area contributed by atoms with Gasteiger partial charge < -0.3 is 9.64 Å². The van der Waals surface area contributed by atoms with Crippen molar-refractivity contribution in [3.63, 3.8) is 0 Å². The Morgan fingerprint density at radius 2 is 1.88 bits per heavy atom. The van der Waals surface area contributed by atoms with Crippen LogP contribution in [0.15, 0.2) is 23.4 Å². The zero-order chi connectivity index (χ0) is 18.6. The SMILES string of the molecule is CC(C)(C)OC(=O)N1CCCC[C@@H]1c1cccnc1SC1CCCCC1. The van der Waals surface area contributed by atoms with E-state index in [1.165, 1.54) is 37.7 Å². The maximum Gasteiger partial charge on any atom is 0.410 e. The Balaban J connectivity index is 1.79. The number of carbonyl (C=O) groups is 1. The summed E-state index contributed by atoms with van der Waals surface area (Å²) < 4.78 is 5.68. The smallest absolute Gasteiger partial charge is 0.410 e. The first-order chi connectivity index (χ1) is 12.4. The number of likely N-dealkylation sites (tertiary alicyclic amines) is 1. The predicted octanol–water partition coefficient (Wildman–Crippen LogP) is 5.97. The fraction of sp³-hybridized carbons (Fsp3) is 0.714. The molecule has 2 fully saturated rings. The number of piperidine rings is 1. The molecule has 4 nitrogen and oxygen atoms in total. The van der Waals surface area contributed by atoms with E-state index >= 15 is 0 Å². The Morgan fingerprint density at radius 3 is 2.62 bits per heavy atom. The zero-order valence-corrected chi connectivity index (χ0v) is 17.2. The van der Waals surface area contributed by atoms with Crippen LogP contribution in [0.4, 0.5) is 4.79 Å². The molecule has 1 aromatic heterocycles. The van der Waals surface area contributed by atoms with Crippen LogP contribution in [0, 0.1) is 0 Å². The molecule has 1 aliphatic carbocycles. The van der Waals surface area contributed by atoms with Crippen molar-refractivity contribution < 1.29 is 9.53 Å². The molecular formula is C21H32N2O2S. The van der Waals surface area contributed by atoms with E-state index in [1.54, 1.807) is 0 Å². The van der Waals surface area contributed by atoms with Gasteiger partial charge in [-0.3, -0.25) is 0 Å². The maximum absolute atomic E-state index is 12.8. The van der Waals surface area contributed by atoms with E-state index < -0.39 is 5.60 Å². The molecule has 0 bridgehead atoms. The fourth-order valence-corrected chi connectivity index (χ4v) is 5.24. The summed E-state index contributed by atoms with van der Waals surface area (Å²) in [4.78, 5) is 19.4. The molecule has 1 saturated carbocycles. The zero-order valence-electron chi connectivity index (χ0n) is 16.4. The first kappa shape index (κ1) is 19.5. The number of pyridine rings is 1. The van der Waals surface area contributed by atoms with Crippen molar-refractivity contribution in [1.82, 2.24) is 9.88 Å². The Bertz CT molecular complexity index is 608. The fourth-order valence-electron chi connectivity index (χ4n) is 3.89. The van der Waals surface area contributed by atoms with Crippen LogP contribution in [0.2, 0.25) is 0 Å². The van der Waals surface area contributed by atoms with E-state index in [0.29, 0.717) is 5.25 Å². The summed E-state index contributed by atoms with van der Waals surface area (Å²) in [6, 6.07) is 4.24. The van der Waals surface area contributed by atoms with E-state index in [-0.39, 0.29) is 12.1 Å². The molecule has 26 heavy (non-hydrogen) atoms. The van der Waals surface area contributed by atoms with Crippen LogP contribution in [-0.2, 0) is 4.74 Å². The van der Waals surface area contributed by atoms with Crippen molar-refractivity contribution in [1.29, 1.82) is 0 Å². The van der Waals surface area contributed by atoms with Crippen LogP contribution in [0.3, 0.4) is 0 Å². The number of hydrogen-bond acceptors (Lipinski definition) is 4. The molecule has 1 aliphatic heterocycles. The average Bonchev–Trinajstić information content (AvgIpc) is 2.62. The number of aromatic nitrogens is 1. The highest BCUT2D eigenvalue weighted by Gasteiger charge is 2.33. The standard InChI is InChI=1S/C21H32N2O2S/c1-21(2,3)25-20(24)23-15-8-7-13-18(23)17-12-9-14-22-19(17)26-16-10-5-4-6-11-16/h9,12,14,16,18H,4-8,10-11,13,15H2,1-3H3/t18-/m1/s1. The van der Waals surface area contributed by atoms with Crippen LogP contribution in [0.25, 0.3) is 0 Å². The molecule has 0 radical (unpaired) electrons. The van der Waals surface area contributed by atoms with Crippen molar-refractivity contribution in [3.05, 3.63) is 23.9 Å². The quantitative estimate of drug-likeness (QED) is 0.652. The monoisotopic (exact) mass is 376 g/mol. The van der Waals surface area contributed by atoms with E-state index in [2.05, 4.69) is 6.07 Å². The van der Waals surface area contributed by atoms with Crippen molar-refractivity contribution in [2.24, 2.45) is 0 Å². The van der Waals surface area contributed by atoms with Gasteiger partial charge in [0.25, 0.3) is 0 Å². The number of ether oxygens (including phenoxy) is 1. The molecule has 0 aromatic carbocycles. The minimum atomic E-state index is -0.465. The lowest BCUT2D eigenvalue weighted by Gasteiger charge is -2.37. The topological polar surface area (TPSA) is 42.4 Å². The van der Waals surface area contributed by atoms with Gasteiger partial charge in [-0.05, 0) is 58.9 Å². The first-order valence-corrected chi connectivity index (χ1v) is 10.9. The lowest BCUT2D eigenvalue weighted by molar-refractivity contribution is 0.00914. The summed E-state index contributed by atoms with van der Waals surface area (Å²) in [6.45, 7) is 6.55. The van der Waals surface area contributed by atoms with Crippen molar-refractivity contribution in [3.8, 4) is 0 Å². The molecular weight excluding hydrogens is 344 g/mol. The van der Waals surface area contributed by atoms with Crippen LogP contribution < -0.4 is 0 Å². The second kappa shape index (κ2) is 8.64. The van der Waals surface area contributed by atoms with Crippen molar-refractivity contribution >= 4 is 17.9 Å². The molecule has 1 aromatic rings. The van der Waals surface area contributed by atoms with E-state index in [0.717, 1.165) is 30.8 Å². The second-order valence-corrected chi connectivity index (χ2v) is 9.75. The van der Waals surface area contributed by atoms with Gasteiger partial charge in [0.2, 0.25) is 0 Å². The summed E-state index contributed by atoms with van der Waals surface area (Å²) in [7, 11) is 0. The molecule has 144 valence electrons.